The van der Waals surface area contributed by atoms with E-state index in [4.69, 9.17) is 11.6 Å². The normalized spacial score (nSPS) is 15.5. The molecule has 2 aromatic heterocycles. The van der Waals surface area contributed by atoms with E-state index in [0.29, 0.717) is 19.6 Å². The molecule has 2 aromatic carbocycles. The van der Waals surface area contributed by atoms with Crippen LogP contribution in [0.15, 0.2) is 67.6 Å². The molecule has 3 heterocycles. The average Bonchev–Trinajstić information content (AvgIpc) is 2.87. The van der Waals surface area contributed by atoms with Crippen LogP contribution in [0.5, 0.6) is 0 Å². The minimum absolute atomic E-state index is 0. The zero-order valence-electron chi connectivity index (χ0n) is 19.5. The molecule has 1 aliphatic heterocycles. The van der Waals surface area contributed by atoms with Crippen LogP contribution in [-0.4, -0.2) is 58.0 Å². The number of piperazine rings is 1. The molecule has 176 valence electrons. The quantitative estimate of drug-likeness (QED) is 0.319. The van der Waals surface area contributed by atoms with Gasteiger partial charge >= 0.3 is 0 Å². The van der Waals surface area contributed by atoms with Crippen LogP contribution in [0.1, 0.15) is 5.56 Å². The molecule has 1 fully saturated rings. The second-order valence-corrected chi connectivity index (χ2v) is 8.44. The summed E-state index contributed by atoms with van der Waals surface area (Å²) in [4.78, 5) is 33.5. The number of carbonyl (C=O) groups excluding carboxylic acids is 1. The lowest BCUT2D eigenvalue weighted by Gasteiger charge is -2.39. The number of carbonyl (C=O) groups is 1. The summed E-state index contributed by atoms with van der Waals surface area (Å²) in [6.07, 6.45) is 4.72. The van der Waals surface area contributed by atoms with Crippen molar-refractivity contribution in [2.24, 2.45) is 0 Å². The van der Waals surface area contributed by atoms with E-state index in [0.717, 1.165) is 28.0 Å². The van der Waals surface area contributed by atoms with Gasteiger partial charge in [0.1, 0.15) is 18.2 Å². The van der Waals surface area contributed by atoms with Crippen molar-refractivity contribution in [2.45, 2.75) is 13.0 Å². The van der Waals surface area contributed by atoms with Crippen LogP contribution in [-0.2, 0) is 4.79 Å². The number of nitrogens with zero attached hydrogens (tertiary/aromatic N) is 6. The Morgan fingerprint density at radius 2 is 2.00 bits per heavy atom. The number of aromatic nitrogens is 3. The monoisotopic (exact) mass is 482 g/mol. The lowest BCUT2D eigenvalue weighted by atomic mass is 9.97. The number of hydrogen-bond donors (Lipinski definition) is 0. The minimum Gasteiger partial charge on any atom is -0.352 e. The Morgan fingerprint density at radius 1 is 1.20 bits per heavy atom. The number of hydrogen-bond acceptors (Lipinski definition) is 5. The lowest BCUT2D eigenvalue weighted by molar-refractivity contribution is -0.128. The molecule has 0 unspecified atom stereocenters. The highest BCUT2D eigenvalue weighted by atomic mass is 32.1. The van der Waals surface area contributed by atoms with E-state index >= 15 is 0 Å². The van der Waals surface area contributed by atoms with Gasteiger partial charge in [-0.1, -0.05) is 43.0 Å². The molecule has 4 aromatic rings. The molecule has 5 rings (SSSR count). The molecule has 8 heteroatoms. The first-order chi connectivity index (χ1) is 16.6. The summed E-state index contributed by atoms with van der Waals surface area (Å²) in [6.45, 7) is 14.9. The Kier molecular flexibility index (Phi) is 6.99. The van der Waals surface area contributed by atoms with E-state index in [-0.39, 0.29) is 32.0 Å². The topological polar surface area (TPSA) is 66.6 Å². The third-order valence-electron chi connectivity index (χ3n) is 6.43. The molecular formula is C27H26N6OS. The number of aryl methyl sites for hydroxylation is 1. The van der Waals surface area contributed by atoms with E-state index in [2.05, 4.69) is 69.6 Å². The van der Waals surface area contributed by atoms with Crippen molar-refractivity contribution in [3.8, 4) is 11.3 Å². The molecule has 0 aliphatic carbocycles. The van der Waals surface area contributed by atoms with E-state index < -0.39 is 0 Å². The predicted molar refractivity (Wildman–Crippen MR) is 145 cm³/mol. The second kappa shape index (κ2) is 10.1. The number of rotatable bonds is 4. The third kappa shape index (κ3) is 4.43. The fraction of sp³-hybridized carbons (Fsp3) is 0.222. The molecule has 0 saturated carbocycles. The van der Waals surface area contributed by atoms with Crippen molar-refractivity contribution < 1.29 is 4.79 Å². The molecule has 35 heavy (non-hydrogen) atoms. The van der Waals surface area contributed by atoms with Gasteiger partial charge < -0.3 is 14.6 Å². The molecule has 1 aliphatic rings. The van der Waals surface area contributed by atoms with Gasteiger partial charge in [0.15, 0.2) is 0 Å². The van der Waals surface area contributed by atoms with Gasteiger partial charge in [0, 0.05) is 31.4 Å². The zero-order chi connectivity index (χ0) is 23.7. The molecular weight excluding hydrogens is 456 g/mol. The summed E-state index contributed by atoms with van der Waals surface area (Å²) >= 11 is 0. The predicted octanol–water partition coefficient (Wildman–Crippen LogP) is 4.39. The SMILES string of the molecule is S.[C-]#[N+]C[C@H]1CN(c2ncnc3cc(-c4cccc5cccc(C)c45)ncc23)CCN1C(=O)C=C. The highest BCUT2D eigenvalue weighted by Gasteiger charge is 2.32. The van der Waals surface area contributed by atoms with E-state index in [9.17, 15) is 4.79 Å². The molecule has 1 amide bonds. The minimum atomic E-state index is -0.215. The van der Waals surface area contributed by atoms with Crippen LogP contribution in [0.25, 0.3) is 37.8 Å². The van der Waals surface area contributed by atoms with Gasteiger partial charge in [0.2, 0.25) is 12.5 Å². The van der Waals surface area contributed by atoms with E-state index in [1.165, 1.54) is 22.4 Å². The van der Waals surface area contributed by atoms with Gasteiger partial charge in [-0.15, -0.1) is 0 Å². The van der Waals surface area contributed by atoms with E-state index in [1.54, 1.807) is 11.2 Å². The molecule has 0 N–H and O–H groups in total. The van der Waals surface area contributed by atoms with Crippen molar-refractivity contribution in [1.82, 2.24) is 19.9 Å². The molecule has 1 saturated heterocycles. The summed E-state index contributed by atoms with van der Waals surface area (Å²) in [6, 6.07) is 14.4. The highest BCUT2D eigenvalue weighted by molar-refractivity contribution is 7.59. The second-order valence-electron chi connectivity index (χ2n) is 8.44. The van der Waals surface area contributed by atoms with Crippen molar-refractivity contribution in [1.29, 1.82) is 0 Å². The number of anilines is 1. The molecule has 1 atom stereocenters. The van der Waals surface area contributed by atoms with Crippen LogP contribution in [0, 0.1) is 13.5 Å². The van der Waals surface area contributed by atoms with Crippen LogP contribution < -0.4 is 4.90 Å². The van der Waals surface area contributed by atoms with Gasteiger partial charge in [0.25, 0.3) is 0 Å². The maximum Gasteiger partial charge on any atom is 0.246 e. The highest BCUT2D eigenvalue weighted by Crippen LogP contribution is 2.32. The average molecular weight is 483 g/mol. The van der Waals surface area contributed by atoms with Crippen molar-refractivity contribution in [3.63, 3.8) is 0 Å². The molecule has 0 bridgehead atoms. The Labute approximate surface area is 211 Å². The van der Waals surface area contributed by atoms with Crippen molar-refractivity contribution in [3.05, 3.63) is 84.6 Å². The maximum atomic E-state index is 12.2. The van der Waals surface area contributed by atoms with Crippen LogP contribution >= 0.6 is 13.5 Å². The van der Waals surface area contributed by atoms with Crippen molar-refractivity contribution in [2.75, 3.05) is 31.1 Å². The first kappa shape index (κ1) is 24.2. The maximum absolute atomic E-state index is 12.2. The zero-order valence-corrected chi connectivity index (χ0v) is 20.5. The lowest BCUT2D eigenvalue weighted by Crippen LogP contribution is -2.56. The third-order valence-corrected chi connectivity index (χ3v) is 6.43. The summed E-state index contributed by atoms with van der Waals surface area (Å²) in [5.41, 5.74) is 3.96. The number of pyridine rings is 1. The number of amides is 1. The fourth-order valence-corrected chi connectivity index (χ4v) is 4.80. The smallest absolute Gasteiger partial charge is 0.246 e. The summed E-state index contributed by atoms with van der Waals surface area (Å²) < 4.78 is 0. The molecule has 0 radical (unpaired) electrons. The Morgan fingerprint density at radius 3 is 2.77 bits per heavy atom. The van der Waals surface area contributed by atoms with Gasteiger partial charge in [-0.2, -0.15) is 13.5 Å². The Bertz CT molecular complexity index is 1460. The van der Waals surface area contributed by atoms with Gasteiger partial charge in [-0.25, -0.2) is 16.5 Å². The Hall–Kier alpha value is -3.96. The molecule has 7 nitrogen and oxygen atoms in total. The summed E-state index contributed by atoms with van der Waals surface area (Å²) in [7, 11) is 0. The van der Waals surface area contributed by atoms with Crippen LogP contribution in [0.3, 0.4) is 0 Å². The standard InChI is InChI=1S/C27H24N6O.H2S/c1-4-25(34)33-12-11-32(16-20(33)14-28-3)27-22-15-29-23(13-24(22)30-17-31-27)21-10-6-9-19-8-5-7-18(2)26(19)21;/h4-10,13,15,17,20H,1,11-12,14,16H2,2H3;1H2/t20-;/m0./s1. The Balaban J connectivity index is 0.00000289. The van der Waals surface area contributed by atoms with Crippen LogP contribution in [0.4, 0.5) is 5.82 Å². The first-order valence-electron chi connectivity index (χ1n) is 11.2. The van der Waals surface area contributed by atoms with E-state index in [1.807, 2.05) is 12.3 Å². The largest absolute Gasteiger partial charge is 0.352 e. The summed E-state index contributed by atoms with van der Waals surface area (Å²) in [5.74, 6) is 0.636. The molecule has 0 spiro atoms. The summed E-state index contributed by atoms with van der Waals surface area (Å²) in [5, 5.41) is 3.23. The fourth-order valence-electron chi connectivity index (χ4n) is 4.80. The van der Waals surface area contributed by atoms with Gasteiger partial charge in [0.05, 0.1) is 16.6 Å². The van der Waals surface area contributed by atoms with Gasteiger partial charge in [-0.05, 0) is 35.4 Å². The van der Waals surface area contributed by atoms with Crippen molar-refractivity contribution >= 4 is 46.9 Å². The van der Waals surface area contributed by atoms with Crippen LogP contribution in [0.2, 0.25) is 0 Å². The first-order valence-corrected chi connectivity index (χ1v) is 11.2. The number of benzene rings is 2. The van der Waals surface area contributed by atoms with Gasteiger partial charge in [-0.3, -0.25) is 9.78 Å². The number of fused-ring (bicyclic) bond motifs is 2.